The van der Waals surface area contributed by atoms with Crippen LogP contribution >= 0.6 is 0 Å². The second kappa shape index (κ2) is 5.34. The summed E-state index contributed by atoms with van der Waals surface area (Å²) in [7, 11) is 2.02. The van der Waals surface area contributed by atoms with Crippen LogP contribution in [0, 0.1) is 36.5 Å². The molecule has 1 atom stereocenters. The van der Waals surface area contributed by atoms with Crippen molar-refractivity contribution in [1.29, 1.82) is 10.5 Å². The van der Waals surface area contributed by atoms with E-state index in [0.717, 1.165) is 17.1 Å². The highest BCUT2D eigenvalue weighted by molar-refractivity contribution is 5.86. The smallest absolute Gasteiger partial charge is 0.103 e. The number of benzene rings is 2. The first-order chi connectivity index (χ1) is 11.0. The van der Waals surface area contributed by atoms with Crippen molar-refractivity contribution in [2.75, 3.05) is 16.8 Å². The Bertz CT molecular complexity index is 870. The number of hydrogen-bond donors (Lipinski definition) is 0. The average Bonchev–Trinajstić information content (AvgIpc) is 2.79. The Hall–Kier alpha value is -2.98. The number of anilines is 3. The normalized spacial score (nSPS) is 16.0. The molecule has 2 aromatic rings. The van der Waals surface area contributed by atoms with Crippen LogP contribution in [0.3, 0.4) is 0 Å². The van der Waals surface area contributed by atoms with Crippen LogP contribution in [0.15, 0.2) is 30.3 Å². The number of nitrogens with zero attached hydrogens (tertiary/aromatic N) is 4. The molecule has 0 bridgehead atoms. The highest BCUT2D eigenvalue weighted by atomic mass is 15.4. The van der Waals surface area contributed by atoms with E-state index in [9.17, 15) is 10.5 Å². The van der Waals surface area contributed by atoms with Crippen LogP contribution in [0.2, 0.25) is 0 Å². The fourth-order valence-corrected chi connectivity index (χ4v) is 3.12. The number of nitriles is 2. The van der Waals surface area contributed by atoms with Crippen molar-refractivity contribution in [1.82, 2.24) is 0 Å². The summed E-state index contributed by atoms with van der Waals surface area (Å²) < 4.78 is 0. The summed E-state index contributed by atoms with van der Waals surface area (Å²) in [4.78, 5) is 4.37. The monoisotopic (exact) mass is 302 g/mol. The summed E-state index contributed by atoms with van der Waals surface area (Å²) >= 11 is 0. The zero-order chi connectivity index (χ0) is 16.7. The Kier molecular flexibility index (Phi) is 3.47. The van der Waals surface area contributed by atoms with Gasteiger partial charge in [0.15, 0.2) is 0 Å². The van der Waals surface area contributed by atoms with Crippen molar-refractivity contribution in [3.05, 3.63) is 52.6 Å². The molecule has 1 heterocycles. The maximum Gasteiger partial charge on any atom is 0.103 e. The van der Waals surface area contributed by atoms with Crippen molar-refractivity contribution in [3.63, 3.8) is 0 Å². The summed E-state index contributed by atoms with van der Waals surface area (Å²) in [5.74, 6) is 0. The molecule has 4 heteroatoms. The maximum absolute atomic E-state index is 9.33. The molecule has 3 rings (SSSR count). The highest BCUT2D eigenvalue weighted by Crippen LogP contribution is 2.45. The minimum absolute atomic E-state index is 0.117. The SMILES string of the molecule is Cc1ccc(C)c(N2c3cc(C#N)c(C#N)cc3N(C)[C@@H]2C)c1. The molecule has 0 fully saturated rings. The van der Waals surface area contributed by atoms with Gasteiger partial charge in [-0.3, -0.25) is 0 Å². The minimum atomic E-state index is 0.117. The van der Waals surface area contributed by atoms with Crippen molar-refractivity contribution >= 4 is 17.1 Å². The van der Waals surface area contributed by atoms with Gasteiger partial charge in [0.25, 0.3) is 0 Å². The van der Waals surface area contributed by atoms with Crippen LogP contribution < -0.4 is 9.80 Å². The zero-order valence-corrected chi connectivity index (χ0v) is 13.8. The van der Waals surface area contributed by atoms with Gasteiger partial charge in [-0.05, 0) is 50.1 Å². The quantitative estimate of drug-likeness (QED) is 0.799. The fraction of sp³-hybridized carbons (Fsp3) is 0.263. The van der Waals surface area contributed by atoms with E-state index in [1.165, 1.54) is 11.1 Å². The Morgan fingerprint density at radius 3 is 2.13 bits per heavy atom. The lowest BCUT2D eigenvalue weighted by atomic mass is 10.1. The average molecular weight is 302 g/mol. The molecule has 4 nitrogen and oxygen atoms in total. The maximum atomic E-state index is 9.33. The first-order valence-electron chi connectivity index (χ1n) is 7.55. The molecule has 0 N–H and O–H groups in total. The van der Waals surface area contributed by atoms with E-state index in [4.69, 9.17) is 0 Å². The van der Waals surface area contributed by atoms with E-state index in [0.29, 0.717) is 11.1 Å². The minimum Gasteiger partial charge on any atom is -0.352 e. The van der Waals surface area contributed by atoms with E-state index in [1.54, 1.807) is 0 Å². The van der Waals surface area contributed by atoms with Crippen LogP contribution in [-0.4, -0.2) is 13.2 Å². The largest absolute Gasteiger partial charge is 0.352 e. The third-order valence-corrected chi connectivity index (χ3v) is 4.55. The summed E-state index contributed by atoms with van der Waals surface area (Å²) in [6, 6.07) is 14.3. The molecule has 0 amide bonds. The van der Waals surface area contributed by atoms with E-state index in [1.807, 2.05) is 19.2 Å². The van der Waals surface area contributed by atoms with Crippen LogP contribution in [0.4, 0.5) is 17.1 Å². The van der Waals surface area contributed by atoms with Crippen molar-refractivity contribution in [2.45, 2.75) is 26.9 Å². The van der Waals surface area contributed by atoms with Gasteiger partial charge in [0.05, 0.1) is 22.5 Å². The molecular formula is C19H18N4. The van der Waals surface area contributed by atoms with Crippen LogP contribution in [0.25, 0.3) is 0 Å². The zero-order valence-electron chi connectivity index (χ0n) is 13.8. The molecule has 0 aliphatic carbocycles. The van der Waals surface area contributed by atoms with E-state index < -0.39 is 0 Å². The molecule has 1 aliphatic rings. The molecule has 0 aromatic heterocycles. The number of aryl methyl sites for hydroxylation is 2. The number of fused-ring (bicyclic) bond motifs is 1. The number of hydrogen-bond acceptors (Lipinski definition) is 4. The Balaban J connectivity index is 2.25. The Morgan fingerprint density at radius 2 is 1.52 bits per heavy atom. The third kappa shape index (κ3) is 2.20. The lowest BCUT2D eigenvalue weighted by Gasteiger charge is -2.29. The van der Waals surface area contributed by atoms with Gasteiger partial charge in [-0.2, -0.15) is 10.5 Å². The lowest BCUT2D eigenvalue weighted by molar-refractivity contribution is 0.732. The predicted octanol–water partition coefficient (Wildman–Crippen LogP) is 3.98. The summed E-state index contributed by atoms with van der Waals surface area (Å²) in [6.45, 7) is 6.29. The van der Waals surface area contributed by atoms with Crippen molar-refractivity contribution in [3.8, 4) is 12.1 Å². The van der Waals surface area contributed by atoms with Gasteiger partial charge in [-0.15, -0.1) is 0 Å². The molecule has 1 aliphatic heterocycles. The van der Waals surface area contributed by atoms with Crippen LogP contribution in [0.1, 0.15) is 29.2 Å². The predicted molar refractivity (Wildman–Crippen MR) is 91.8 cm³/mol. The highest BCUT2D eigenvalue weighted by Gasteiger charge is 2.33. The Labute approximate surface area is 136 Å². The molecule has 0 radical (unpaired) electrons. The molecular weight excluding hydrogens is 284 g/mol. The van der Waals surface area contributed by atoms with Gasteiger partial charge >= 0.3 is 0 Å². The fourth-order valence-electron chi connectivity index (χ4n) is 3.12. The van der Waals surface area contributed by atoms with Gasteiger partial charge in [0, 0.05) is 12.7 Å². The first kappa shape index (κ1) is 14.9. The topological polar surface area (TPSA) is 54.1 Å². The van der Waals surface area contributed by atoms with E-state index >= 15 is 0 Å². The van der Waals surface area contributed by atoms with E-state index in [2.05, 4.69) is 60.9 Å². The molecule has 2 aromatic carbocycles. The standard InChI is InChI=1S/C19H18N4/c1-12-5-6-13(2)17(7-12)23-14(3)22(4)18-8-15(10-20)16(11-21)9-19(18)23/h5-9,14H,1-4H3/t14-/m0/s1. The summed E-state index contributed by atoms with van der Waals surface area (Å²) in [5.41, 5.74) is 6.32. The summed E-state index contributed by atoms with van der Waals surface area (Å²) in [6.07, 6.45) is 0.117. The summed E-state index contributed by atoms with van der Waals surface area (Å²) in [5, 5.41) is 18.6. The lowest BCUT2D eigenvalue weighted by Crippen LogP contribution is -2.35. The second-order valence-corrected chi connectivity index (χ2v) is 6.01. The van der Waals surface area contributed by atoms with Crippen molar-refractivity contribution < 1.29 is 0 Å². The third-order valence-electron chi connectivity index (χ3n) is 4.55. The van der Waals surface area contributed by atoms with E-state index in [-0.39, 0.29) is 6.17 Å². The molecule has 114 valence electrons. The molecule has 0 saturated heterocycles. The van der Waals surface area contributed by atoms with Gasteiger partial charge in [0.1, 0.15) is 18.3 Å². The molecule has 0 spiro atoms. The first-order valence-corrected chi connectivity index (χ1v) is 7.55. The van der Waals surface area contributed by atoms with Gasteiger partial charge in [-0.25, -0.2) is 0 Å². The van der Waals surface area contributed by atoms with Gasteiger partial charge in [-0.1, -0.05) is 12.1 Å². The molecule has 0 saturated carbocycles. The number of rotatable bonds is 1. The van der Waals surface area contributed by atoms with Crippen molar-refractivity contribution in [2.24, 2.45) is 0 Å². The second-order valence-electron chi connectivity index (χ2n) is 6.01. The molecule has 0 unspecified atom stereocenters. The van der Waals surface area contributed by atoms with Gasteiger partial charge in [0.2, 0.25) is 0 Å². The molecule has 23 heavy (non-hydrogen) atoms. The Morgan fingerprint density at radius 1 is 0.913 bits per heavy atom. The van der Waals surface area contributed by atoms with Crippen LogP contribution in [0.5, 0.6) is 0 Å². The van der Waals surface area contributed by atoms with Gasteiger partial charge < -0.3 is 9.80 Å². The van der Waals surface area contributed by atoms with Crippen LogP contribution in [-0.2, 0) is 0 Å².